The topological polar surface area (TPSA) is 42.1 Å². The number of hydrogen-bond donors (Lipinski definition) is 1. The average molecular weight is 370 g/mol. The molecule has 0 unspecified atom stereocenters. The third-order valence-electron chi connectivity index (χ3n) is 5.07. The number of pyridine rings is 1. The first-order valence-electron chi connectivity index (χ1n) is 9.67. The first kappa shape index (κ1) is 22.8. The molecule has 0 bridgehead atoms. The van der Waals surface area contributed by atoms with Gasteiger partial charge in [0.25, 0.3) is 0 Å². The highest BCUT2D eigenvalue weighted by molar-refractivity contribution is 5.22. The van der Waals surface area contributed by atoms with Crippen molar-refractivity contribution in [3.05, 3.63) is 75.1 Å². The van der Waals surface area contributed by atoms with Gasteiger partial charge in [-0.3, -0.25) is 4.79 Å². The second-order valence-electron chi connectivity index (χ2n) is 7.36. The standard InChI is InChI=1S/C24H35NO2/c1-8-19(4)21(6)20(5)14-18(3)11-9-10-17(2)12-13-22-15-23(26)16-24(25-22)27-7/h8-9,11-12,14-16,20-21H,10,13H2,1-7H3,(H,25,26)/b11-9+,17-12+,18-14+,19-8+/t20-,21+/m1/s1. The lowest BCUT2D eigenvalue weighted by atomic mass is 9.88. The summed E-state index contributed by atoms with van der Waals surface area (Å²) in [6.07, 6.45) is 12.7. The maximum absolute atomic E-state index is 11.6. The van der Waals surface area contributed by atoms with Crippen molar-refractivity contribution in [1.29, 1.82) is 0 Å². The van der Waals surface area contributed by atoms with Crippen molar-refractivity contribution >= 4 is 0 Å². The van der Waals surface area contributed by atoms with Gasteiger partial charge in [0.05, 0.1) is 7.11 Å². The summed E-state index contributed by atoms with van der Waals surface area (Å²) in [5.74, 6) is 1.58. The summed E-state index contributed by atoms with van der Waals surface area (Å²) >= 11 is 0. The molecule has 0 saturated heterocycles. The van der Waals surface area contributed by atoms with Crippen molar-refractivity contribution in [2.75, 3.05) is 7.11 Å². The molecular formula is C24H35NO2. The number of ether oxygens (including phenoxy) is 1. The molecule has 148 valence electrons. The summed E-state index contributed by atoms with van der Waals surface area (Å²) < 4.78 is 5.11. The van der Waals surface area contributed by atoms with E-state index in [1.54, 1.807) is 13.2 Å². The molecule has 0 saturated carbocycles. The van der Waals surface area contributed by atoms with Crippen LogP contribution in [0.25, 0.3) is 0 Å². The normalized spacial score (nSPS) is 15.9. The third kappa shape index (κ3) is 8.29. The van der Waals surface area contributed by atoms with E-state index in [9.17, 15) is 4.79 Å². The summed E-state index contributed by atoms with van der Waals surface area (Å²) in [4.78, 5) is 14.7. The Morgan fingerprint density at radius 1 is 1.22 bits per heavy atom. The molecule has 0 aliphatic carbocycles. The fraction of sp³-hybridized carbons (Fsp3) is 0.458. The lowest BCUT2D eigenvalue weighted by molar-refractivity contribution is 0.396. The molecular weight excluding hydrogens is 334 g/mol. The monoisotopic (exact) mass is 369 g/mol. The van der Waals surface area contributed by atoms with E-state index >= 15 is 0 Å². The first-order chi connectivity index (χ1) is 12.8. The summed E-state index contributed by atoms with van der Waals surface area (Å²) in [6, 6.07) is 3.07. The van der Waals surface area contributed by atoms with E-state index in [4.69, 9.17) is 4.74 Å². The van der Waals surface area contributed by atoms with Gasteiger partial charge in [-0.2, -0.15) is 0 Å². The molecule has 0 aromatic carbocycles. The smallest absolute Gasteiger partial charge is 0.194 e. The lowest BCUT2D eigenvalue weighted by Gasteiger charge is -2.18. The van der Waals surface area contributed by atoms with Crippen LogP contribution in [0.5, 0.6) is 5.88 Å². The fourth-order valence-electron chi connectivity index (χ4n) is 2.88. The molecule has 0 spiro atoms. The summed E-state index contributed by atoms with van der Waals surface area (Å²) in [6.45, 7) is 13.1. The van der Waals surface area contributed by atoms with Crippen molar-refractivity contribution in [2.45, 2.75) is 54.4 Å². The van der Waals surface area contributed by atoms with Gasteiger partial charge in [-0.25, -0.2) is 0 Å². The quantitative estimate of drug-likeness (QED) is 0.428. The van der Waals surface area contributed by atoms with Gasteiger partial charge in [0.15, 0.2) is 11.3 Å². The van der Waals surface area contributed by atoms with Gasteiger partial charge in [-0.05, 0) is 46.0 Å². The number of H-pyrrole nitrogens is 1. The molecule has 1 heterocycles. The van der Waals surface area contributed by atoms with Crippen molar-refractivity contribution in [2.24, 2.45) is 11.8 Å². The summed E-state index contributed by atoms with van der Waals surface area (Å²) in [5.41, 5.74) is 4.83. The van der Waals surface area contributed by atoms with E-state index in [0.29, 0.717) is 24.1 Å². The molecule has 0 amide bonds. The highest BCUT2D eigenvalue weighted by Gasteiger charge is 2.10. The molecule has 1 N–H and O–H groups in total. The van der Waals surface area contributed by atoms with Crippen molar-refractivity contribution in [1.82, 2.24) is 4.98 Å². The highest BCUT2D eigenvalue weighted by atomic mass is 16.5. The minimum Gasteiger partial charge on any atom is -0.482 e. The molecule has 27 heavy (non-hydrogen) atoms. The number of methoxy groups -OCH3 is 1. The predicted octanol–water partition coefficient (Wildman–Crippen LogP) is 6.00. The van der Waals surface area contributed by atoms with E-state index in [1.807, 2.05) is 0 Å². The second kappa shape index (κ2) is 11.4. The Hall–Kier alpha value is -2.29. The van der Waals surface area contributed by atoms with E-state index in [-0.39, 0.29) is 5.43 Å². The molecule has 0 radical (unpaired) electrons. The highest BCUT2D eigenvalue weighted by Crippen LogP contribution is 2.22. The molecule has 0 aliphatic rings. The van der Waals surface area contributed by atoms with Crippen LogP contribution in [0.4, 0.5) is 0 Å². The van der Waals surface area contributed by atoms with Crippen molar-refractivity contribution in [3.8, 4) is 5.88 Å². The largest absolute Gasteiger partial charge is 0.482 e. The van der Waals surface area contributed by atoms with Crippen LogP contribution < -0.4 is 10.2 Å². The Labute approximate surface area is 164 Å². The number of aromatic nitrogens is 1. The minimum absolute atomic E-state index is 0.0381. The van der Waals surface area contributed by atoms with Crippen LogP contribution in [0.1, 0.15) is 53.7 Å². The zero-order valence-corrected chi connectivity index (χ0v) is 17.9. The number of allylic oxidation sites excluding steroid dienone is 8. The molecule has 1 aromatic heterocycles. The Morgan fingerprint density at radius 2 is 1.93 bits per heavy atom. The van der Waals surface area contributed by atoms with Crippen LogP contribution in [0.15, 0.2) is 64.0 Å². The molecule has 1 aromatic rings. The van der Waals surface area contributed by atoms with Gasteiger partial charge in [0, 0.05) is 24.2 Å². The van der Waals surface area contributed by atoms with Gasteiger partial charge in [0.2, 0.25) is 0 Å². The molecule has 0 fully saturated rings. The van der Waals surface area contributed by atoms with Crippen LogP contribution in [0.3, 0.4) is 0 Å². The van der Waals surface area contributed by atoms with Gasteiger partial charge >= 0.3 is 0 Å². The van der Waals surface area contributed by atoms with E-state index in [1.165, 1.54) is 22.8 Å². The molecule has 2 atom stereocenters. The maximum atomic E-state index is 11.6. The van der Waals surface area contributed by atoms with Crippen LogP contribution in [-0.4, -0.2) is 12.1 Å². The molecule has 3 nitrogen and oxygen atoms in total. The minimum atomic E-state index is -0.0381. The number of rotatable bonds is 9. The Kier molecular flexibility index (Phi) is 9.63. The van der Waals surface area contributed by atoms with Crippen LogP contribution in [-0.2, 0) is 6.42 Å². The van der Waals surface area contributed by atoms with Crippen molar-refractivity contribution < 1.29 is 4.74 Å². The fourth-order valence-corrected chi connectivity index (χ4v) is 2.88. The molecule has 1 rings (SSSR count). The van der Waals surface area contributed by atoms with E-state index in [2.05, 4.69) is 76.9 Å². The first-order valence-corrected chi connectivity index (χ1v) is 9.67. The number of hydrogen-bond acceptors (Lipinski definition) is 2. The van der Waals surface area contributed by atoms with Gasteiger partial charge in [0.1, 0.15) is 0 Å². The predicted molar refractivity (Wildman–Crippen MR) is 116 cm³/mol. The third-order valence-corrected chi connectivity index (χ3v) is 5.07. The average Bonchev–Trinajstić information content (AvgIpc) is 2.64. The van der Waals surface area contributed by atoms with Gasteiger partial charge in [-0.1, -0.05) is 60.9 Å². The number of aromatic amines is 1. The van der Waals surface area contributed by atoms with Crippen molar-refractivity contribution in [3.63, 3.8) is 0 Å². The Morgan fingerprint density at radius 3 is 2.56 bits per heavy atom. The van der Waals surface area contributed by atoms with Gasteiger partial charge in [-0.15, -0.1) is 0 Å². The SMILES string of the molecule is C/C=C(\C)[C@H](C)[C@H](C)/C=C(C)/C=C/C/C(C)=C/Cc1cc(=O)cc(OC)[nH]1. The zero-order chi connectivity index (χ0) is 20.4. The molecule has 3 heteroatoms. The summed E-state index contributed by atoms with van der Waals surface area (Å²) in [7, 11) is 1.55. The maximum Gasteiger partial charge on any atom is 0.194 e. The lowest BCUT2D eigenvalue weighted by Crippen LogP contribution is -2.06. The Bertz CT molecular complexity index is 778. The van der Waals surface area contributed by atoms with E-state index < -0.39 is 0 Å². The number of nitrogens with one attached hydrogen (secondary N) is 1. The molecule has 0 aliphatic heterocycles. The summed E-state index contributed by atoms with van der Waals surface area (Å²) in [5, 5.41) is 0. The van der Waals surface area contributed by atoms with Gasteiger partial charge < -0.3 is 9.72 Å². The van der Waals surface area contributed by atoms with Crippen LogP contribution in [0, 0.1) is 11.8 Å². The van der Waals surface area contributed by atoms with Crippen LogP contribution >= 0.6 is 0 Å². The zero-order valence-electron chi connectivity index (χ0n) is 17.9. The van der Waals surface area contributed by atoms with Crippen LogP contribution in [0.2, 0.25) is 0 Å². The van der Waals surface area contributed by atoms with E-state index in [0.717, 1.165) is 12.1 Å². The second-order valence-corrected chi connectivity index (χ2v) is 7.36. The Balaban J connectivity index is 2.63.